The Hall–Kier alpha value is -2.14. The summed E-state index contributed by atoms with van der Waals surface area (Å²) >= 11 is 1.56. The molecule has 0 saturated carbocycles. The predicted molar refractivity (Wildman–Crippen MR) is 84.5 cm³/mol. The number of benzene rings is 1. The Morgan fingerprint density at radius 1 is 1.33 bits per heavy atom. The van der Waals surface area contributed by atoms with Crippen LogP contribution in [0.15, 0.2) is 40.8 Å². The van der Waals surface area contributed by atoms with Crippen LogP contribution in [0.25, 0.3) is 21.0 Å². The van der Waals surface area contributed by atoms with E-state index in [-0.39, 0.29) is 11.9 Å². The number of furan rings is 1. The lowest BCUT2D eigenvalue weighted by Crippen LogP contribution is -2.31. The number of nitrogens with zero attached hydrogens (tertiary/aromatic N) is 1. The number of fused-ring (bicyclic) bond motifs is 1. The topological polar surface area (TPSA) is 55.1 Å². The van der Waals surface area contributed by atoms with Crippen LogP contribution in [0.1, 0.15) is 30.8 Å². The molecule has 0 spiro atoms. The van der Waals surface area contributed by atoms with Crippen LogP contribution in [0, 0.1) is 0 Å². The summed E-state index contributed by atoms with van der Waals surface area (Å²) in [7, 11) is 0. The van der Waals surface area contributed by atoms with Gasteiger partial charge in [0.2, 0.25) is 0 Å². The standard InChI is InChI=1S/C16H16N2O2S/c1-3-10(2)17-15(19)12-8-9-13(20-12)16-18-11-6-4-5-7-14(11)21-16/h4-10H,3H2,1-2H3,(H,17,19). The number of nitrogens with one attached hydrogen (secondary N) is 1. The van der Waals surface area contributed by atoms with Crippen molar-refractivity contribution < 1.29 is 9.21 Å². The largest absolute Gasteiger partial charge is 0.448 e. The van der Waals surface area contributed by atoms with Gasteiger partial charge in [-0.25, -0.2) is 4.98 Å². The molecule has 1 amide bonds. The highest BCUT2D eigenvalue weighted by atomic mass is 32.1. The van der Waals surface area contributed by atoms with Crippen LogP contribution < -0.4 is 5.32 Å². The zero-order valence-electron chi connectivity index (χ0n) is 11.9. The van der Waals surface area contributed by atoms with Crippen LogP contribution in [0.2, 0.25) is 0 Å². The fraction of sp³-hybridized carbons (Fsp3) is 0.250. The lowest BCUT2D eigenvalue weighted by Gasteiger charge is -2.09. The van der Waals surface area contributed by atoms with Gasteiger partial charge in [-0.1, -0.05) is 19.1 Å². The fourth-order valence-electron chi connectivity index (χ4n) is 1.95. The highest BCUT2D eigenvalue weighted by Gasteiger charge is 2.15. The molecule has 0 aliphatic carbocycles. The quantitative estimate of drug-likeness (QED) is 0.789. The van der Waals surface area contributed by atoms with Crippen LogP contribution in [-0.2, 0) is 0 Å². The molecule has 1 N–H and O–H groups in total. The van der Waals surface area contributed by atoms with Gasteiger partial charge in [0.25, 0.3) is 5.91 Å². The Kier molecular flexibility index (Phi) is 3.75. The number of amides is 1. The first-order chi connectivity index (χ1) is 10.2. The maximum absolute atomic E-state index is 12.0. The molecule has 0 aliphatic heterocycles. The van der Waals surface area contributed by atoms with Crippen molar-refractivity contribution >= 4 is 27.5 Å². The highest BCUT2D eigenvalue weighted by molar-refractivity contribution is 7.21. The molecule has 0 radical (unpaired) electrons. The first-order valence-electron chi connectivity index (χ1n) is 6.94. The molecular formula is C16H16N2O2S. The summed E-state index contributed by atoms with van der Waals surface area (Å²) in [6.45, 7) is 3.99. The molecule has 2 aromatic heterocycles. The van der Waals surface area contributed by atoms with Crippen molar-refractivity contribution in [3.05, 3.63) is 42.2 Å². The van der Waals surface area contributed by atoms with E-state index in [2.05, 4.69) is 10.3 Å². The smallest absolute Gasteiger partial charge is 0.287 e. The van der Waals surface area contributed by atoms with E-state index in [9.17, 15) is 4.79 Å². The van der Waals surface area contributed by atoms with Gasteiger partial charge in [-0.3, -0.25) is 4.79 Å². The molecule has 1 unspecified atom stereocenters. The van der Waals surface area contributed by atoms with Crippen molar-refractivity contribution in [3.63, 3.8) is 0 Å². The molecular weight excluding hydrogens is 284 g/mol. The molecule has 2 heterocycles. The summed E-state index contributed by atoms with van der Waals surface area (Å²) < 4.78 is 6.75. The third kappa shape index (κ3) is 2.83. The first-order valence-corrected chi connectivity index (χ1v) is 7.75. The van der Waals surface area contributed by atoms with Crippen LogP contribution in [0.3, 0.4) is 0 Å². The minimum Gasteiger partial charge on any atom is -0.448 e. The second-order valence-corrected chi connectivity index (χ2v) is 5.96. The molecule has 0 fully saturated rings. The maximum Gasteiger partial charge on any atom is 0.287 e. The molecule has 0 saturated heterocycles. The zero-order valence-corrected chi connectivity index (χ0v) is 12.7. The number of rotatable bonds is 4. The third-order valence-corrected chi connectivity index (χ3v) is 4.38. The maximum atomic E-state index is 12.0. The lowest BCUT2D eigenvalue weighted by molar-refractivity contribution is 0.0912. The van der Waals surface area contributed by atoms with Crippen molar-refractivity contribution in [2.75, 3.05) is 0 Å². The van der Waals surface area contributed by atoms with Crippen molar-refractivity contribution in [1.29, 1.82) is 0 Å². The fourth-order valence-corrected chi connectivity index (χ4v) is 2.88. The van der Waals surface area contributed by atoms with E-state index >= 15 is 0 Å². The molecule has 4 nitrogen and oxygen atoms in total. The molecule has 1 atom stereocenters. The van der Waals surface area contributed by atoms with Crippen molar-refractivity contribution in [1.82, 2.24) is 10.3 Å². The van der Waals surface area contributed by atoms with Crippen LogP contribution in [0.4, 0.5) is 0 Å². The number of carbonyl (C=O) groups is 1. The summed E-state index contributed by atoms with van der Waals surface area (Å²) in [5.74, 6) is 0.770. The summed E-state index contributed by atoms with van der Waals surface area (Å²) in [4.78, 5) is 16.5. The summed E-state index contributed by atoms with van der Waals surface area (Å²) in [6, 6.07) is 11.6. The zero-order chi connectivity index (χ0) is 14.8. The van der Waals surface area contributed by atoms with Crippen molar-refractivity contribution in [2.45, 2.75) is 26.3 Å². The van der Waals surface area contributed by atoms with Crippen molar-refractivity contribution in [3.8, 4) is 10.8 Å². The molecule has 5 heteroatoms. The minimum absolute atomic E-state index is 0.133. The SMILES string of the molecule is CCC(C)NC(=O)c1ccc(-c2nc3ccccc3s2)o1. The molecule has 108 valence electrons. The molecule has 21 heavy (non-hydrogen) atoms. The van der Waals surface area contributed by atoms with Crippen LogP contribution in [0.5, 0.6) is 0 Å². The molecule has 3 aromatic rings. The number of hydrogen-bond acceptors (Lipinski definition) is 4. The number of carbonyl (C=O) groups excluding carboxylic acids is 1. The number of para-hydroxylation sites is 1. The Morgan fingerprint density at radius 3 is 2.90 bits per heavy atom. The van der Waals surface area contributed by atoms with Gasteiger partial charge >= 0.3 is 0 Å². The molecule has 0 bridgehead atoms. The molecule has 0 aliphatic rings. The van der Waals surface area contributed by atoms with Gasteiger partial charge in [0, 0.05) is 6.04 Å². The Bertz CT molecular complexity index is 742. The highest BCUT2D eigenvalue weighted by Crippen LogP contribution is 2.31. The van der Waals surface area contributed by atoms with Gasteiger partial charge in [-0.05, 0) is 37.6 Å². The van der Waals surface area contributed by atoms with Crippen LogP contribution in [-0.4, -0.2) is 16.9 Å². The Balaban J connectivity index is 1.85. The van der Waals surface area contributed by atoms with Gasteiger partial charge < -0.3 is 9.73 Å². The average molecular weight is 300 g/mol. The predicted octanol–water partition coefficient (Wildman–Crippen LogP) is 4.08. The molecule has 3 rings (SSSR count). The second kappa shape index (κ2) is 5.69. The number of aromatic nitrogens is 1. The Labute approximate surface area is 126 Å². The third-order valence-electron chi connectivity index (χ3n) is 3.32. The summed E-state index contributed by atoms with van der Waals surface area (Å²) in [5.41, 5.74) is 0.944. The van der Waals surface area contributed by atoms with Gasteiger partial charge in [0.1, 0.15) is 0 Å². The van der Waals surface area contributed by atoms with Crippen molar-refractivity contribution in [2.24, 2.45) is 0 Å². The monoisotopic (exact) mass is 300 g/mol. The minimum atomic E-state index is -0.184. The van der Waals surface area contributed by atoms with E-state index in [0.29, 0.717) is 11.5 Å². The van der Waals surface area contributed by atoms with E-state index in [4.69, 9.17) is 4.42 Å². The average Bonchev–Trinajstić information content (AvgIpc) is 3.13. The van der Waals surface area contributed by atoms with E-state index in [0.717, 1.165) is 21.6 Å². The van der Waals surface area contributed by atoms with Gasteiger partial charge in [0.15, 0.2) is 16.5 Å². The number of thiazole rings is 1. The Morgan fingerprint density at radius 2 is 2.14 bits per heavy atom. The van der Waals surface area contributed by atoms with Crippen LogP contribution >= 0.6 is 11.3 Å². The second-order valence-electron chi connectivity index (χ2n) is 4.93. The lowest BCUT2D eigenvalue weighted by atomic mass is 10.2. The van der Waals surface area contributed by atoms with Gasteiger partial charge in [-0.15, -0.1) is 11.3 Å². The summed E-state index contributed by atoms with van der Waals surface area (Å²) in [5, 5.41) is 3.68. The van der Waals surface area contributed by atoms with E-state index in [1.54, 1.807) is 23.5 Å². The first kappa shape index (κ1) is 13.8. The van der Waals surface area contributed by atoms with Gasteiger partial charge in [-0.2, -0.15) is 0 Å². The molecule has 1 aromatic carbocycles. The van der Waals surface area contributed by atoms with Gasteiger partial charge in [0.05, 0.1) is 10.2 Å². The number of hydrogen-bond donors (Lipinski definition) is 1. The van der Waals surface area contributed by atoms with E-state index in [1.165, 1.54) is 0 Å². The summed E-state index contributed by atoms with van der Waals surface area (Å²) in [6.07, 6.45) is 0.886. The van der Waals surface area contributed by atoms with E-state index < -0.39 is 0 Å². The normalized spacial score (nSPS) is 12.5. The van der Waals surface area contributed by atoms with E-state index in [1.807, 2.05) is 38.1 Å².